The van der Waals surface area contributed by atoms with E-state index in [0.29, 0.717) is 28.1 Å². The highest BCUT2D eigenvalue weighted by Gasteiger charge is 2.35. The van der Waals surface area contributed by atoms with Crippen molar-refractivity contribution in [3.05, 3.63) is 58.4 Å². The molecule has 0 unspecified atom stereocenters. The molecule has 0 aliphatic carbocycles. The molecule has 2 heterocycles. The number of ether oxygens (including phenoxy) is 2. The molecule has 1 aromatic carbocycles. The topological polar surface area (TPSA) is 94.9 Å². The quantitative estimate of drug-likeness (QED) is 0.559. The summed E-state index contributed by atoms with van der Waals surface area (Å²) in [6, 6.07) is 8.09. The molecule has 8 nitrogen and oxygen atoms in total. The number of esters is 2. The number of aromatic nitrogens is 1. The standard InChI is InChI=1S/C20H20N2O6/c1-4-27-20(26)16-9-12(2)21(13(16)3)10-17(23)28-11-22-18(24)14-7-5-6-8-15(14)19(22)25/h5-9H,4,10-11H2,1-3H3. The van der Waals surface area contributed by atoms with E-state index in [1.165, 1.54) is 0 Å². The van der Waals surface area contributed by atoms with E-state index in [1.54, 1.807) is 55.7 Å². The Labute approximate surface area is 161 Å². The summed E-state index contributed by atoms with van der Waals surface area (Å²) in [6.45, 7) is 4.82. The lowest BCUT2D eigenvalue weighted by atomic mass is 10.1. The first-order valence-electron chi connectivity index (χ1n) is 8.79. The van der Waals surface area contributed by atoms with Gasteiger partial charge in [0.1, 0.15) is 6.54 Å². The molecule has 0 bridgehead atoms. The molecule has 0 radical (unpaired) electrons. The molecule has 0 saturated heterocycles. The lowest BCUT2D eigenvalue weighted by Crippen LogP contribution is -2.34. The van der Waals surface area contributed by atoms with E-state index < -0.39 is 30.5 Å². The Morgan fingerprint density at radius 1 is 1.00 bits per heavy atom. The Bertz CT molecular complexity index is 940. The van der Waals surface area contributed by atoms with Crippen molar-refractivity contribution in [2.24, 2.45) is 0 Å². The van der Waals surface area contributed by atoms with Gasteiger partial charge in [-0.2, -0.15) is 0 Å². The molecule has 0 atom stereocenters. The second kappa shape index (κ2) is 7.67. The van der Waals surface area contributed by atoms with Crippen LogP contribution < -0.4 is 0 Å². The minimum absolute atomic E-state index is 0.153. The van der Waals surface area contributed by atoms with Gasteiger partial charge < -0.3 is 14.0 Å². The number of aryl methyl sites for hydroxylation is 1. The summed E-state index contributed by atoms with van der Waals surface area (Å²) in [6.07, 6.45) is 0. The highest BCUT2D eigenvalue weighted by Crippen LogP contribution is 2.22. The number of hydrogen-bond donors (Lipinski definition) is 0. The van der Waals surface area contributed by atoms with Crippen LogP contribution in [0.15, 0.2) is 30.3 Å². The molecule has 1 aliphatic rings. The molecule has 2 amide bonds. The number of benzene rings is 1. The molecule has 0 spiro atoms. The fourth-order valence-corrected chi connectivity index (χ4v) is 3.13. The van der Waals surface area contributed by atoms with Gasteiger partial charge in [-0.25, -0.2) is 9.69 Å². The maximum Gasteiger partial charge on any atom is 0.339 e. The predicted octanol–water partition coefficient (Wildman–Crippen LogP) is 2.08. The van der Waals surface area contributed by atoms with Gasteiger partial charge in [0.05, 0.1) is 23.3 Å². The van der Waals surface area contributed by atoms with E-state index in [4.69, 9.17) is 9.47 Å². The van der Waals surface area contributed by atoms with Gasteiger partial charge in [-0.15, -0.1) is 0 Å². The smallest absolute Gasteiger partial charge is 0.339 e. The Balaban J connectivity index is 1.65. The van der Waals surface area contributed by atoms with E-state index in [1.807, 2.05) is 0 Å². The summed E-state index contributed by atoms with van der Waals surface area (Å²) in [5.74, 6) is -2.08. The summed E-state index contributed by atoms with van der Waals surface area (Å²) in [5, 5.41) is 0. The van der Waals surface area contributed by atoms with Crippen LogP contribution in [0.4, 0.5) is 0 Å². The second-order valence-corrected chi connectivity index (χ2v) is 6.32. The average Bonchev–Trinajstić information content (AvgIpc) is 3.09. The highest BCUT2D eigenvalue weighted by molar-refractivity contribution is 6.21. The van der Waals surface area contributed by atoms with Crippen LogP contribution in [0.2, 0.25) is 0 Å². The van der Waals surface area contributed by atoms with Gasteiger partial charge in [0.2, 0.25) is 0 Å². The summed E-state index contributed by atoms with van der Waals surface area (Å²) < 4.78 is 11.8. The van der Waals surface area contributed by atoms with Crippen molar-refractivity contribution in [3.8, 4) is 0 Å². The molecule has 8 heteroatoms. The van der Waals surface area contributed by atoms with Crippen LogP contribution >= 0.6 is 0 Å². The maximum atomic E-state index is 12.3. The number of amides is 2. The van der Waals surface area contributed by atoms with Gasteiger partial charge >= 0.3 is 11.9 Å². The van der Waals surface area contributed by atoms with E-state index >= 15 is 0 Å². The fourth-order valence-electron chi connectivity index (χ4n) is 3.13. The Morgan fingerprint density at radius 2 is 1.61 bits per heavy atom. The molecule has 0 N–H and O–H groups in total. The van der Waals surface area contributed by atoms with Gasteiger partial charge in [-0.1, -0.05) is 12.1 Å². The minimum atomic E-state index is -0.631. The van der Waals surface area contributed by atoms with Gasteiger partial charge in [0.25, 0.3) is 11.8 Å². The SMILES string of the molecule is CCOC(=O)c1cc(C)n(CC(=O)OCN2C(=O)c3ccccc3C2=O)c1C. The summed E-state index contributed by atoms with van der Waals surface area (Å²) >= 11 is 0. The number of carbonyl (C=O) groups is 4. The Hall–Kier alpha value is -3.42. The normalized spacial score (nSPS) is 12.9. The fraction of sp³-hybridized carbons (Fsp3) is 0.300. The largest absolute Gasteiger partial charge is 0.462 e. The van der Waals surface area contributed by atoms with Crippen LogP contribution in [-0.2, 0) is 20.8 Å². The van der Waals surface area contributed by atoms with Gasteiger partial charge in [0, 0.05) is 11.4 Å². The summed E-state index contributed by atoms with van der Waals surface area (Å²) in [7, 11) is 0. The third-order valence-electron chi connectivity index (χ3n) is 4.59. The molecule has 3 rings (SSSR count). The molecule has 0 saturated carbocycles. The molecular formula is C20H20N2O6. The first-order valence-corrected chi connectivity index (χ1v) is 8.79. The molecule has 146 valence electrons. The number of hydrogen-bond acceptors (Lipinski definition) is 6. The number of carbonyl (C=O) groups excluding carboxylic acids is 4. The van der Waals surface area contributed by atoms with Crippen LogP contribution in [0, 0.1) is 13.8 Å². The van der Waals surface area contributed by atoms with Crippen LogP contribution in [0.1, 0.15) is 49.4 Å². The molecule has 1 aliphatic heterocycles. The van der Waals surface area contributed by atoms with Crippen molar-refractivity contribution in [1.29, 1.82) is 0 Å². The third-order valence-corrected chi connectivity index (χ3v) is 4.59. The number of imide groups is 1. The van der Waals surface area contributed by atoms with Crippen LogP contribution in [-0.4, -0.2) is 46.6 Å². The van der Waals surface area contributed by atoms with Crippen LogP contribution in [0.5, 0.6) is 0 Å². The molecular weight excluding hydrogens is 364 g/mol. The molecule has 0 fully saturated rings. The number of rotatable bonds is 6. The van der Waals surface area contributed by atoms with Crippen molar-refractivity contribution < 1.29 is 28.7 Å². The first kappa shape index (κ1) is 19.3. The van der Waals surface area contributed by atoms with Crippen molar-refractivity contribution in [1.82, 2.24) is 9.47 Å². The highest BCUT2D eigenvalue weighted by atomic mass is 16.5. The summed E-state index contributed by atoms with van der Waals surface area (Å²) in [5.41, 5.74) is 2.24. The van der Waals surface area contributed by atoms with Crippen molar-refractivity contribution >= 4 is 23.8 Å². The van der Waals surface area contributed by atoms with Gasteiger partial charge in [0.15, 0.2) is 6.73 Å². The summed E-state index contributed by atoms with van der Waals surface area (Å²) in [4.78, 5) is 49.7. The molecule has 28 heavy (non-hydrogen) atoms. The van der Waals surface area contributed by atoms with Crippen LogP contribution in [0.3, 0.4) is 0 Å². The van der Waals surface area contributed by atoms with Gasteiger partial charge in [-0.05, 0) is 39.0 Å². The van der Waals surface area contributed by atoms with E-state index in [9.17, 15) is 19.2 Å². The number of fused-ring (bicyclic) bond motifs is 1. The second-order valence-electron chi connectivity index (χ2n) is 6.32. The zero-order chi connectivity index (χ0) is 20.4. The van der Waals surface area contributed by atoms with Gasteiger partial charge in [-0.3, -0.25) is 14.4 Å². The zero-order valence-corrected chi connectivity index (χ0v) is 15.9. The van der Waals surface area contributed by atoms with E-state index in [0.717, 1.165) is 4.90 Å². The average molecular weight is 384 g/mol. The number of nitrogens with zero attached hydrogens (tertiary/aromatic N) is 2. The lowest BCUT2D eigenvalue weighted by Gasteiger charge is -2.15. The minimum Gasteiger partial charge on any atom is -0.462 e. The molecule has 1 aromatic heterocycles. The predicted molar refractivity (Wildman–Crippen MR) is 97.8 cm³/mol. The lowest BCUT2D eigenvalue weighted by molar-refractivity contribution is -0.147. The third kappa shape index (κ3) is 3.40. The van der Waals surface area contributed by atoms with E-state index in [2.05, 4.69) is 0 Å². The van der Waals surface area contributed by atoms with E-state index in [-0.39, 0.29) is 13.2 Å². The Kier molecular flexibility index (Phi) is 5.30. The monoisotopic (exact) mass is 384 g/mol. The van der Waals surface area contributed by atoms with Crippen molar-refractivity contribution in [2.45, 2.75) is 27.3 Å². The van der Waals surface area contributed by atoms with Crippen LogP contribution in [0.25, 0.3) is 0 Å². The zero-order valence-electron chi connectivity index (χ0n) is 15.9. The van der Waals surface area contributed by atoms with Crippen molar-refractivity contribution in [2.75, 3.05) is 13.3 Å². The Morgan fingerprint density at radius 3 is 2.18 bits per heavy atom. The van der Waals surface area contributed by atoms with Crippen molar-refractivity contribution in [3.63, 3.8) is 0 Å². The first-order chi connectivity index (χ1) is 13.3. The maximum absolute atomic E-state index is 12.3. The molecule has 2 aromatic rings.